The molecule has 3 aliphatic rings. The Balaban J connectivity index is 1.49. The molecule has 0 aliphatic carbocycles. The summed E-state index contributed by atoms with van der Waals surface area (Å²) in [6, 6.07) is 7.40. The van der Waals surface area contributed by atoms with Gasteiger partial charge in [-0.2, -0.15) is 0 Å². The topological polar surface area (TPSA) is 73.0 Å². The van der Waals surface area contributed by atoms with E-state index in [4.69, 9.17) is 0 Å². The number of rotatable bonds is 1. The molecular formula is C19H24N4O3. The highest BCUT2D eigenvalue weighted by atomic mass is 16.2. The summed E-state index contributed by atoms with van der Waals surface area (Å²) in [5.41, 5.74) is 1.40. The molecule has 1 atom stereocenters. The number of carbonyl (C=O) groups excluding carboxylic acids is 3. The minimum absolute atomic E-state index is 0.0341. The number of nitrogens with one attached hydrogen (secondary N) is 1. The lowest BCUT2D eigenvalue weighted by atomic mass is 9.96. The number of hydrogen-bond acceptors (Lipinski definition) is 3. The molecule has 26 heavy (non-hydrogen) atoms. The highest BCUT2D eigenvalue weighted by molar-refractivity contribution is 6.10. The fraction of sp³-hybridized carbons (Fsp3) is 0.526. The van der Waals surface area contributed by atoms with Crippen LogP contribution in [-0.2, 0) is 9.59 Å². The molecule has 0 radical (unpaired) electrons. The maximum Gasteiger partial charge on any atom is 0.320 e. The third-order valence-corrected chi connectivity index (χ3v) is 5.45. The molecule has 3 aliphatic heterocycles. The second-order valence-electron chi connectivity index (χ2n) is 7.25. The summed E-state index contributed by atoms with van der Waals surface area (Å²) < 4.78 is 0. The number of carbonyl (C=O) groups is 3. The van der Waals surface area contributed by atoms with Crippen LogP contribution in [0.5, 0.6) is 0 Å². The van der Waals surface area contributed by atoms with Crippen molar-refractivity contribution in [3.05, 3.63) is 24.3 Å². The van der Waals surface area contributed by atoms with Crippen molar-refractivity contribution in [1.29, 1.82) is 0 Å². The van der Waals surface area contributed by atoms with Crippen molar-refractivity contribution >= 4 is 29.2 Å². The second kappa shape index (κ2) is 6.97. The van der Waals surface area contributed by atoms with Crippen LogP contribution in [-0.4, -0.2) is 60.4 Å². The van der Waals surface area contributed by atoms with Crippen molar-refractivity contribution in [1.82, 2.24) is 9.80 Å². The Kier molecular flexibility index (Phi) is 4.53. The SMILES string of the molecule is O=C1CN(C(=O)C2CCCN(C(=O)N3CCCC3)C2)c2ccccc2N1. The van der Waals surface area contributed by atoms with Gasteiger partial charge in [-0.25, -0.2) is 4.79 Å². The predicted octanol–water partition coefficient (Wildman–Crippen LogP) is 1.90. The van der Waals surface area contributed by atoms with E-state index in [1.54, 1.807) is 11.0 Å². The monoisotopic (exact) mass is 356 g/mol. The van der Waals surface area contributed by atoms with Gasteiger partial charge in [-0.05, 0) is 37.8 Å². The Morgan fingerprint density at radius 1 is 1.00 bits per heavy atom. The van der Waals surface area contributed by atoms with E-state index in [0.29, 0.717) is 18.8 Å². The van der Waals surface area contributed by atoms with E-state index >= 15 is 0 Å². The molecule has 7 heteroatoms. The second-order valence-corrected chi connectivity index (χ2v) is 7.25. The number of amides is 4. The molecule has 138 valence electrons. The molecule has 4 rings (SSSR count). The summed E-state index contributed by atoms with van der Waals surface area (Å²) in [5.74, 6) is -0.502. The number of hydrogen-bond donors (Lipinski definition) is 1. The third-order valence-electron chi connectivity index (χ3n) is 5.45. The van der Waals surface area contributed by atoms with Gasteiger partial charge < -0.3 is 20.0 Å². The van der Waals surface area contributed by atoms with Gasteiger partial charge in [-0.3, -0.25) is 9.59 Å². The molecule has 0 bridgehead atoms. The number of benzene rings is 1. The standard InChI is InChI=1S/C19H24N4O3/c24-17-13-23(16-8-2-1-7-15(16)20-17)18(25)14-6-5-11-22(12-14)19(26)21-9-3-4-10-21/h1-2,7-8,14H,3-6,9-13H2,(H,20,24). The van der Waals surface area contributed by atoms with Gasteiger partial charge in [-0.15, -0.1) is 0 Å². The lowest BCUT2D eigenvalue weighted by Gasteiger charge is -2.37. The Morgan fingerprint density at radius 2 is 1.73 bits per heavy atom. The zero-order valence-corrected chi connectivity index (χ0v) is 14.8. The van der Waals surface area contributed by atoms with E-state index in [1.165, 1.54) is 0 Å². The molecule has 2 fully saturated rings. The molecule has 1 aromatic carbocycles. The minimum Gasteiger partial charge on any atom is -0.325 e. The largest absolute Gasteiger partial charge is 0.325 e. The van der Waals surface area contributed by atoms with E-state index in [9.17, 15) is 14.4 Å². The summed E-state index contributed by atoms with van der Waals surface area (Å²) in [4.78, 5) is 43.1. The molecule has 1 unspecified atom stereocenters. The molecule has 0 aromatic heterocycles. The van der Waals surface area contributed by atoms with Gasteiger partial charge in [-0.1, -0.05) is 12.1 Å². The number of nitrogens with zero attached hydrogens (tertiary/aromatic N) is 3. The summed E-state index contributed by atoms with van der Waals surface area (Å²) >= 11 is 0. The highest BCUT2D eigenvalue weighted by Crippen LogP contribution is 2.31. The van der Waals surface area contributed by atoms with Crippen molar-refractivity contribution in [2.45, 2.75) is 25.7 Å². The molecule has 0 saturated carbocycles. The average molecular weight is 356 g/mol. The van der Waals surface area contributed by atoms with Crippen molar-refractivity contribution in [3.8, 4) is 0 Å². The molecule has 7 nitrogen and oxygen atoms in total. The van der Waals surface area contributed by atoms with Crippen LogP contribution in [0, 0.1) is 5.92 Å². The number of piperidine rings is 1. The quantitative estimate of drug-likeness (QED) is 0.835. The van der Waals surface area contributed by atoms with E-state index in [-0.39, 0.29) is 30.3 Å². The number of fused-ring (bicyclic) bond motifs is 1. The molecule has 1 aromatic rings. The maximum absolute atomic E-state index is 13.1. The first-order valence-electron chi connectivity index (χ1n) is 9.37. The molecule has 1 N–H and O–H groups in total. The zero-order chi connectivity index (χ0) is 18.1. The molecular weight excluding hydrogens is 332 g/mol. The Labute approximate surface area is 152 Å². The highest BCUT2D eigenvalue weighted by Gasteiger charge is 2.36. The number of para-hydroxylation sites is 2. The van der Waals surface area contributed by atoms with Gasteiger partial charge in [0.1, 0.15) is 6.54 Å². The van der Waals surface area contributed by atoms with Crippen LogP contribution in [0.1, 0.15) is 25.7 Å². The van der Waals surface area contributed by atoms with Crippen molar-refractivity contribution < 1.29 is 14.4 Å². The number of likely N-dealkylation sites (tertiary alicyclic amines) is 2. The fourth-order valence-electron chi connectivity index (χ4n) is 4.11. The predicted molar refractivity (Wildman–Crippen MR) is 97.9 cm³/mol. The summed E-state index contributed by atoms with van der Waals surface area (Å²) in [6.07, 6.45) is 3.68. The number of anilines is 2. The summed E-state index contributed by atoms with van der Waals surface area (Å²) in [6.45, 7) is 2.80. The molecule has 0 spiro atoms. The van der Waals surface area contributed by atoms with Gasteiger partial charge >= 0.3 is 6.03 Å². The molecule has 3 heterocycles. The lowest BCUT2D eigenvalue weighted by molar-refractivity contribution is -0.125. The zero-order valence-electron chi connectivity index (χ0n) is 14.8. The van der Waals surface area contributed by atoms with Gasteiger partial charge in [0, 0.05) is 26.2 Å². The summed E-state index contributed by atoms with van der Waals surface area (Å²) in [5, 5.41) is 2.81. The first-order valence-corrected chi connectivity index (χ1v) is 9.37. The molecule has 4 amide bonds. The van der Waals surface area contributed by atoms with Crippen LogP contribution in [0.15, 0.2) is 24.3 Å². The van der Waals surface area contributed by atoms with Gasteiger partial charge in [0.25, 0.3) is 0 Å². The Bertz CT molecular complexity index is 729. The number of urea groups is 1. The minimum atomic E-state index is -0.255. The van der Waals surface area contributed by atoms with E-state index < -0.39 is 0 Å². The van der Waals surface area contributed by atoms with Crippen molar-refractivity contribution in [3.63, 3.8) is 0 Å². The van der Waals surface area contributed by atoms with E-state index in [1.807, 2.05) is 28.0 Å². The fourth-order valence-corrected chi connectivity index (χ4v) is 4.11. The Hall–Kier alpha value is -2.57. The van der Waals surface area contributed by atoms with E-state index in [0.717, 1.165) is 44.5 Å². The van der Waals surface area contributed by atoms with Crippen LogP contribution in [0.3, 0.4) is 0 Å². The van der Waals surface area contributed by atoms with Gasteiger partial charge in [0.05, 0.1) is 17.3 Å². The maximum atomic E-state index is 13.1. The van der Waals surface area contributed by atoms with Crippen molar-refractivity contribution in [2.24, 2.45) is 5.92 Å². The first kappa shape index (κ1) is 16.9. The van der Waals surface area contributed by atoms with Gasteiger partial charge in [0.2, 0.25) is 11.8 Å². The van der Waals surface area contributed by atoms with Crippen molar-refractivity contribution in [2.75, 3.05) is 42.9 Å². The normalized spacial score (nSPS) is 22.8. The Morgan fingerprint density at radius 3 is 2.54 bits per heavy atom. The smallest absolute Gasteiger partial charge is 0.320 e. The third kappa shape index (κ3) is 3.13. The lowest BCUT2D eigenvalue weighted by Crippen LogP contribution is -2.52. The first-order chi connectivity index (χ1) is 12.6. The van der Waals surface area contributed by atoms with Crippen LogP contribution in [0.25, 0.3) is 0 Å². The van der Waals surface area contributed by atoms with Crippen LogP contribution in [0.2, 0.25) is 0 Å². The van der Waals surface area contributed by atoms with Crippen LogP contribution < -0.4 is 10.2 Å². The van der Waals surface area contributed by atoms with Crippen LogP contribution in [0.4, 0.5) is 16.2 Å². The summed E-state index contributed by atoms with van der Waals surface area (Å²) in [7, 11) is 0. The average Bonchev–Trinajstić information content (AvgIpc) is 3.21. The molecule has 2 saturated heterocycles. The van der Waals surface area contributed by atoms with Gasteiger partial charge in [0.15, 0.2) is 0 Å². The van der Waals surface area contributed by atoms with Crippen LogP contribution >= 0.6 is 0 Å². The van der Waals surface area contributed by atoms with E-state index in [2.05, 4.69) is 5.32 Å².